The van der Waals surface area contributed by atoms with Crippen LogP contribution >= 0.6 is 23.2 Å². The lowest BCUT2D eigenvalue weighted by Gasteiger charge is -2.22. The van der Waals surface area contributed by atoms with Gasteiger partial charge in [-0.3, -0.25) is 0 Å². The molecule has 2 aromatic carbocycles. The third kappa shape index (κ3) is 3.95. The molecule has 1 aromatic heterocycles. The SMILES string of the molecule is C[C@@H](Oc1cc(-c2ccc3c(c2)CNCC3F)cnc1N)c1c(Cl)ccc(F)c1Cl. The van der Waals surface area contributed by atoms with Gasteiger partial charge in [0.2, 0.25) is 0 Å². The van der Waals surface area contributed by atoms with Gasteiger partial charge < -0.3 is 15.8 Å². The van der Waals surface area contributed by atoms with Crippen molar-refractivity contribution in [2.24, 2.45) is 0 Å². The number of nitrogens with two attached hydrogens (primary N) is 1. The van der Waals surface area contributed by atoms with Crippen LogP contribution in [0.1, 0.15) is 35.9 Å². The molecule has 0 bridgehead atoms. The summed E-state index contributed by atoms with van der Waals surface area (Å²) in [5, 5.41) is 3.25. The molecule has 1 unspecified atom stereocenters. The van der Waals surface area contributed by atoms with Gasteiger partial charge in [0.15, 0.2) is 11.6 Å². The van der Waals surface area contributed by atoms with Gasteiger partial charge in [-0.25, -0.2) is 13.8 Å². The normalized spacial score (nSPS) is 16.8. The van der Waals surface area contributed by atoms with Crippen molar-refractivity contribution in [1.29, 1.82) is 0 Å². The smallest absolute Gasteiger partial charge is 0.166 e. The summed E-state index contributed by atoms with van der Waals surface area (Å²) < 4.78 is 33.9. The first-order valence-electron chi connectivity index (χ1n) is 9.38. The Bertz CT molecular complexity index is 1110. The van der Waals surface area contributed by atoms with Crippen LogP contribution in [0.25, 0.3) is 11.1 Å². The number of halogens is 4. The van der Waals surface area contributed by atoms with Gasteiger partial charge in [-0.15, -0.1) is 0 Å². The monoisotopic (exact) mass is 449 g/mol. The first kappa shape index (κ1) is 20.8. The Morgan fingerprint density at radius 1 is 1.20 bits per heavy atom. The molecule has 1 aliphatic rings. The van der Waals surface area contributed by atoms with Gasteiger partial charge in [0.25, 0.3) is 0 Å². The zero-order valence-electron chi connectivity index (χ0n) is 16.1. The highest BCUT2D eigenvalue weighted by Gasteiger charge is 2.21. The predicted octanol–water partition coefficient (Wildman–Crippen LogP) is 6.03. The number of ether oxygens (including phenoxy) is 1. The first-order valence-corrected chi connectivity index (χ1v) is 10.1. The second kappa shape index (κ2) is 8.38. The van der Waals surface area contributed by atoms with E-state index < -0.39 is 18.1 Å². The number of anilines is 1. The Labute approximate surface area is 183 Å². The van der Waals surface area contributed by atoms with Crippen LogP contribution in [-0.4, -0.2) is 11.5 Å². The number of nitrogens with zero attached hydrogens (tertiary/aromatic N) is 1. The molecule has 8 heteroatoms. The van der Waals surface area contributed by atoms with E-state index in [0.29, 0.717) is 35.0 Å². The zero-order chi connectivity index (χ0) is 21.4. The number of nitrogens with one attached hydrogen (secondary N) is 1. The molecule has 1 aliphatic heterocycles. The topological polar surface area (TPSA) is 60.2 Å². The summed E-state index contributed by atoms with van der Waals surface area (Å²) in [7, 11) is 0. The summed E-state index contributed by atoms with van der Waals surface area (Å²) in [6.45, 7) is 2.62. The Balaban J connectivity index is 1.66. The van der Waals surface area contributed by atoms with Crippen LogP contribution in [-0.2, 0) is 6.54 Å². The fraction of sp³-hybridized carbons (Fsp3) is 0.227. The molecular formula is C22H19Cl2F2N3O. The van der Waals surface area contributed by atoms with Gasteiger partial charge in [0, 0.05) is 35.4 Å². The van der Waals surface area contributed by atoms with Crippen molar-refractivity contribution in [2.75, 3.05) is 12.3 Å². The van der Waals surface area contributed by atoms with E-state index in [0.717, 1.165) is 16.7 Å². The van der Waals surface area contributed by atoms with E-state index in [-0.39, 0.29) is 10.8 Å². The minimum absolute atomic E-state index is 0.0966. The number of hydrogen-bond donors (Lipinski definition) is 2. The van der Waals surface area contributed by atoms with Gasteiger partial charge >= 0.3 is 0 Å². The summed E-state index contributed by atoms with van der Waals surface area (Å²) >= 11 is 12.3. The van der Waals surface area contributed by atoms with Crippen molar-refractivity contribution < 1.29 is 13.5 Å². The van der Waals surface area contributed by atoms with Crippen molar-refractivity contribution in [2.45, 2.75) is 25.7 Å². The average molecular weight is 450 g/mol. The Hall–Kier alpha value is -2.41. The van der Waals surface area contributed by atoms with Gasteiger partial charge in [0.05, 0.1) is 5.02 Å². The summed E-state index contributed by atoms with van der Waals surface area (Å²) in [5.41, 5.74) is 9.53. The highest BCUT2D eigenvalue weighted by molar-refractivity contribution is 6.36. The summed E-state index contributed by atoms with van der Waals surface area (Å²) in [6.07, 6.45) is -0.0622. The molecule has 0 aliphatic carbocycles. The molecule has 0 fully saturated rings. The van der Waals surface area contributed by atoms with Crippen LogP contribution in [0.2, 0.25) is 10.0 Å². The van der Waals surface area contributed by atoms with Crippen LogP contribution in [0.5, 0.6) is 5.75 Å². The Morgan fingerprint density at radius 3 is 2.80 bits per heavy atom. The molecule has 0 saturated carbocycles. The molecular weight excluding hydrogens is 431 g/mol. The first-order chi connectivity index (χ1) is 14.3. The minimum atomic E-state index is -1.02. The maximum atomic E-state index is 14.1. The van der Waals surface area contributed by atoms with Crippen molar-refractivity contribution in [3.8, 4) is 16.9 Å². The quantitative estimate of drug-likeness (QED) is 0.477. The highest BCUT2D eigenvalue weighted by atomic mass is 35.5. The van der Waals surface area contributed by atoms with E-state index in [2.05, 4.69) is 10.3 Å². The standard InChI is InChI=1S/C22H19Cl2F2N3O/c1-11(20-16(23)4-5-17(25)21(20)24)30-19-7-13(9-29-22(19)27)12-2-3-15-14(6-12)8-28-10-18(15)26/h2-7,9,11,18,28H,8,10H2,1H3,(H2,27,29)/t11-,18?/m1/s1. The molecule has 0 saturated heterocycles. The molecule has 2 heterocycles. The maximum Gasteiger partial charge on any atom is 0.166 e. The molecule has 4 rings (SSSR count). The number of rotatable bonds is 4. The summed E-state index contributed by atoms with van der Waals surface area (Å²) in [5.74, 6) is -0.0893. The third-order valence-corrected chi connectivity index (χ3v) is 5.84. The zero-order valence-corrected chi connectivity index (χ0v) is 17.6. The molecule has 0 radical (unpaired) electrons. The van der Waals surface area contributed by atoms with Gasteiger partial charge in [0.1, 0.15) is 18.1 Å². The molecule has 3 aromatic rings. The molecule has 30 heavy (non-hydrogen) atoms. The molecule has 3 N–H and O–H groups in total. The Kier molecular flexibility index (Phi) is 5.82. The summed E-state index contributed by atoms with van der Waals surface area (Å²) in [4.78, 5) is 4.21. The average Bonchev–Trinajstić information content (AvgIpc) is 2.72. The predicted molar refractivity (Wildman–Crippen MR) is 115 cm³/mol. The lowest BCUT2D eigenvalue weighted by atomic mass is 9.95. The number of benzene rings is 2. The van der Waals surface area contributed by atoms with Crippen molar-refractivity contribution in [1.82, 2.24) is 10.3 Å². The summed E-state index contributed by atoms with van der Waals surface area (Å²) in [6, 6.07) is 9.93. The van der Waals surface area contributed by atoms with E-state index in [1.165, 1.54) is 12.1 Å². The Morgan fingerprint density at radius 2 is 2.00 bits per heavy atom. The number of fused-ring (bicyclic) bond motifs is 1. The van der Waals surface area contributed by atoms with E-state index >= 15 is 0 Å². The number of pyridine rings is 1. The van der Waals surface area contributed by atoms with Crippen LogP contribution in [0.15, 0.2) is 42.6 Å². The number of nitrogen functional groups attached to an aromatic ring is 1. The minimum Gasteiger partial charge on any atom is -0.482 e. The lowest BCUT2D eigenvalue weighted by Crippen LogP contribution is -2.25. The van der Waals surface area contributed by atoms with Crippen LogP contribution < -0.4 is 15.8 Å². The van der Waals surface area contributed by atoms with Crippen molar-refractivity contribution >= 4 is 29.0 Å². The molecule has 4 nitrogen and oxygen atoms in total. The van der Waals surface area contributed by atoms with Crippen LogP contribution in [0.3, 0.4) is 0 Å². The maximum absolute atomic E-state index is 14.1. The number of hydrogen-bond acceptors (Lipinski definition) is 4. The fourth-order valence-corrected chi connectivity index (χ4v) is 4.24. The van der Waals surface area contributed by atoms with Crippen LogP contribution in [0.4, 0.5) is 14.6 Å². The van der Waals surface area contributed by atoms with Gasteiger partial charge in [-0.1, -0.05) is 35.3 Å². The number of aromatic nitrogens is 1. The molecule has 2 atom stereocenters. The van der Waals surface area contributed by atoms with E-state index in [4.69, 9.17) is 33.7 Å². The van der Waals surface area contributed by atoms with E-state index in [1.54, 1.807) is 25.3 Å². The number of alkyl halides is 1. The van der Waals surface area contributed by atoms with Gasteiger partial charge in [-0.2, -0.15) is 0 Å². The van der Waals surface area contributed by atoms with Crippen LogP contribution in [0, 0.1) is 5.82 Å². The third-order valence-electron chi connectivity index (χ3n) is 5.12. The second-order valence-corrected chi connectivity index (χ2v) is 7.92. The van der Waals surface area contributed by atoms with Gasteiger partial charge in [-0.05, 0) is 47.9 Å². The molecule has 156 valence electrons. The van der Waals surface area contributed by atoms with Crippen molar-refractivity contribution in [3.05, 3.63) is 75.1 Å². The van der Waals surface area contributed by atoms with Crippen molar-refractivity contribution in [3.63, 3.8) is 0 Å². The van der Waals surface area contributed by atoms with E-state index in [9.17, 15) is 8.78 Å². The largest absolute Gasteiger partial charge is 0.482 e. The molecule has 0 amide bonds. The fourth-order valence-electron chi connectivity index (χ4n) is 3.56. The highest BCUT2D eigenvalue weighted by Crippen LogP contribution is 2.37. The lowest BCUT2D eigenvalue weighted by molar-refractivity contribution is 0.227. The second-order valence-electron chi connectivity index (χ2n) is 7.14. The van der Waals surface area contributed by atoms with E-state index in [1.807, 2.05) is 12.1 Å². The molecule has 0 spiro atoms.